The summed E-state index contributed by atoms with van der Waals surface area (Å²) >= 11 is 0. The Balaban J connectivity index is 0.00000450. The Kier molecular flexibility index (Phi) is 12.0. The Hall–Kier alpha value is -1.06. The third kappa shape index (κ3) is 8.98. The van der Waals surface area contributed by atoms with E-state index >= 15 is 0 Å². The number of rotatable bonds is 10. The lowest BCUT2D eigenvalue weighted by Crippen LogP contribution is -3.00. The van der Waals surface area contributed by atoms with E-state index < -0.39 is 0 Å². The molecule has 0 bridgehead atoms. The van der Waals surface area contributed by atoms with Crippen molar-refractivity contribution in [2.75, 3.05) is 26.7 Å². The zero-order valence-corrected chi connectivity index (χ0v) is 20.9. The summed E-state index contributed by atoms with van der Waals surface area (Å²) in [7, 11) is 2.43. The fourth-order valence-electron chi connectivity index (χ4n) is 5.14. The zero-order chi connectivity index (χ0) is 21.3. The van der Waals surface area contributed by atoms with Gasteiger partial charge in [0, 0.05) is 31.7 Å². The molecule has 3 atom stereocenters. The van der Waals surface area contributed by atoms with Crippen molar-refractivity contribution in [3.8, 4) is 0 Å². The number of nitrogens with zero attached hydrogens (tertiary/aromatic N) is 1. The number of halogens is 1. The van der Waals surface area contributed by atoms with Gasteiger partial charge in [0.15, 0.2) is 0 Å². The molecule has 2 aliphatic heterocycles. The first-order valence-corrected chi connectivity index (χ1v) is 11.9. The Morgan fingerprint density at radius 3 is 2.30 bits per heavy atom. The van der Waals surface area contributed by atoms with Crippen LogP contribution in [-0.4, -0.2) is 43.1 Å². The van der Waals surface area contributed by atoms with Crippen molar-refractivity contribution >= 4 is 5.91 Å². The van der Waals surface area contributed by atoms with Crippen LogP contribution in [0.3, 0.4) is 0 Å². The van der Waals surface area contributed by atoms with Gasteiger partial charge in [0.25, 0.3) is 0 Å². The van der Waals surface area contributed by atoms with Crippen molar-refractivity contribution in [2.45, 2.75) is 91.5 Å². The summed E-state index contributed by atoms with van der Waals surface area (Å²) in [5.74, 6) is 0.864. The van der Waals surface area contributed by atoms with Crippen LogP contribution in [0.2, 0.25) is 0 Å². The molecule has 0 saturated carbocycles. The number of nitrogens with one attached hydrogen (secondary N) is 1. The smallest absolute Gasteiger partial charge is 0.223 e. The molecule has 0 aliphatic carbocycles. The SMILES string of the molecule is CC(C)=CCC/C(C)=C/CC/C(C)=C/CC(=O)NC[C@@H]1CC[N@+]2(C)CCCC[C@H]12.[Cl-]. The van der Waals surface area contributed by atoms with Crippen molar-refractivity contribution in [3.05, 3.63) is 34.9 Å². The maximum absolute atomic E-state index is 12.3. The molecule has 2 aliphatic rings. The van der Waals surface area contributed by atoms with Gasteiger partial charge in [-0.1, -0.05) is 34.9 Å². The molecule has 0 aromatic rings. The van der Waals surface area contributed by atoms with Gasteiger partial charge in [0.2, 0.25) is 5.91 Å². The van der Waals surface area contributed by atoms with Crippen LogP contribution in [0, 0.1) is 5.92 Å². The fraction of sp³-hybridized carbons (Fsp3) is 0.731. The average molecular weight is 437 g/mol. The standard InChI is InChI=1S/C26H44N2O.ClH/c1-21(2)10-8-11-22(3)12-9-13-23(4)15-16-26(29)27-20-24-17-19-28(5)18-7-6-14-25(24)28;/h10,12,15,24-25H,6-9,11,13-14,16-20H2,1-5H3;1H/b22-12+,23-15+;/t24-,25+,28-;/m0./s1. The predicted octanol–water partition coefficient (Wildman–Crippen LogP) is 2.93. The summed E-state index contributed by atoms with van der Waals surface area (Å²) in [5, 5.41) is 3.23. The Bertz CT molecular complexity index is 633. The molecule has 2 saturated heterocycles. The van der Waals surface area contributed by atoms with Gasteiger partial charge in [-0.25, -0.2) is 0 Å². The number of fused-ring (bicyclic) bond motifs is 1. The van der Waals surface area contributed by atoms with Crippen LogP contribution in [0.1, 0.15) is 85.5 Å². The summed E-state index contributed by atoms with van der Waals surface area (Å²) in [6.45, 7) is 12.2. The van der Waals surface area contributed by atoms with Gasteiger partial charge in [0.1, 0.15) is 0 Å². The lowest BCUT2D eigenvalue weighted by atomic mass is 9.92. The summed E-state index contributed by atoms with van der Waals surface area (Å²) < 4.78 is 1.25. The molecule has 0 radical (unpaired) electrons. The molecular formula is C26H45ClN2O. The highest BCUT2D eigenvalue weighted by atomic mass is 35.5. The topological polar surface area (TPSA) is 29.1 Å². The molecule has 0 aromatic heterocycles. The Morgan fingerprint density at radius 2 is 1.60 bits per heavy atom. The summed E-state index contributed by atoms with van der Waals surface area (Å²) in [6.07, 6.45) is 17.1. The van der Waals surface area contributed by atoms with Gasteiger partial charge in [-0.05, 0) is 66.2 Å². The highest BCUT2D eigenvalue weighted by molar-refractivity contribution is 5.77. The molecule has 172 valence electrons. The van der Waals surface area contributed by atoms with E-state index in [9.17, 15) is 4.79 Å². The van der Waals surface area contributed by atoms with E-state index in [-0.39, 0.29) is 18.3 Å². The van der Waals surface area contributed by atoms with Gasteiger partial charge in [0.05, 0.1) is 26.2 Å². The molecule has 2 rings (SSSR count). The number of amides is 1. The fourth-order valence-corrected chi connectivity index (χ4v) is 5.14. The van der Waals surface area contributed by atoms with Crippen LogP contribution in [-0.2, 0) is 4.79 Å². The van der Waals surface area contributed by atoms with Crippen molar-refractivity contribution in [1.29, 1.82) is 0 Å². The molecule has 0 aromatic carbocycles. The Morgan fingerprint density at radius 1 is 0.933 bits per heavy atom. The number of allylic oxidation sites excluding steroid dienone is 5. The van der Waals surface area contributed by atoms with E-state index in [0.717, 1.165) is 38.3 Å². The first-order valence-electron chi connectivity index (χ1n) is 11.9. The van der Waals surface area contributed by atoms with Crippen molar-refractivity contribution in [3.63, 3.8) is 0 Å². The first-order chi connectivity index (χ1) is 13.8. The van der Waals surface area contributed by atoms with Crippen LogP contribution in [0.5, 0.6) is 0 Å². The van der Waals surface area contributed by atoms with Crippen molar-refractivity contribution in [1.82, 2.24) is 5.32 Å². The minimum atomic E-state index is 0. The summed E-state index contributed by atoms with van der Waals surface area (Å²) in [6, 6.07) is 0.771. The third-order valence-corrected chi connectivity index (χ3v) is 7.09. The molecule has 4 heteroatoms. The quantitative estimate of drug-likeness (QED) is 0.414. The van der Waals surface area contributed by atoms with Gasteiger partial charge in [-0.2, -0.15) is 0 Å². The second kappa shape index (κ2) is 13.4. The number of carbonyl (C=O) groups is 1. The van der Waals surface area contributed by atoms with Crippen LogP contribution >= 0.6 is 0 Å². The second-order valence-corrected chi connectivity index (χ2v) is 10.0. The molecule has 0 spiro atoms. The lowest BCUT2D eigenvalue weighted by Gasteiger charge is -2.41. The molecule has 3 nitrogen and oxygen atoms in total. The van der Waals surface area contributed by atoms with Crippen LogP contribution in [0.25, 0.3) is 0 Å². The first kappa shape index (κ1) is 27.0. The number of carbonyl (C=O) groups excluding carboxylic acids is 1. The molecule has 2 heterocycles. The molecular weight excluding hydrogens is 392 g/mol. The highest BCUT2D eigenvalue weighted by Gasteiger charge is 2.46. The average Bonchev–Trinajstić information content (AvgIpc) is 3.01. The van der Waals surface area contributed by atoms with Crippen molar-refractivity contribution < 1.29 is 21.7 Å². The zero-order valence-electron chi connectivity index (χ0n) is 20.1. The largest absolute Gasteiger partial charge is 1.00 e. The van der Waals surface area contributed by atoms with E-state index in [1.807, 2.05) is 0 Å². The van der Waals surface area contributed by atoms with E-state index in [1.165, 1.54) is 60.0 Å². The van der Waals surface area contributed by atoms with Crippen molar-refractivity contribution in [2.24, 2.45) is 5.92 Å². The van der Waals surface area contributed by atoms with Crippen LogP contribution < -0.4 is 17.7 Å². The summed E-state index contributed by atoms with van der Waals surface area (Å²) in [4.78, 5) is 12.3. The highest BCUT2D eigenvalue weighted by Crippen LogP contribution is 2.36. The molecule has 30 heavy (non-hydrogen) atoms. The minimum Gasteiger partial charge on any atom is -1.00 e. The van der Waals surface area contributed by atoms with E-state index in [1.54, 1.807) is 0 Å². The monoisotopic (exact) mass is 436 g/mol. The second-order valence-electron chi connectivity index (χ2n) is 10.0. The van der Waals surface area contributed by atoms with Crippen LogP contribution in [0.15, 0.2) is 34.9 Å². The maximum Gasteiger partial charge on any atom is 0.223 e. The van der Waals surface area contributed by atoms with Crippen LogP contribution in [0.4, 0.5) is 0 Å². The molecule has 1 N–H and O–H groups in total. The lowest BCUT2D eigenvalue weighted by molar-refractivity contribution is -0.927. The third-order valence-electron chi connectivity index (χ3n) is 7.09. The van der Waals surface area contributed by atoms with Gasteiger partial charge in [-0.15, -0.1) is 0 Å². The number of hydrogen-bond acceptors (Lipinski definition) is 1. The number of hydrogen-bond donors (Lipinski definition) is 1. The van der Waals surface area contributed by atoms with Gasteiger partial charge < -0.3 is 22.2 Å². The molecule has 1 amide bonds. The summed E-state index contributed by atoms with van der Waals surface area (Å²) in [5.41, 5.74) is 4.19. The Labute approximate surface area is 192 Å². The number of quaternary nitrogens is 1. The number of piperidine rings is 1. The van der Waals surface area contributed by atoms with E-state index in [4.69, 9.17) is 0 Å². The van der Waals surface area contributed by atoms with E-state index in [2.05, 4.69) is 58.3 Å². The van der Waals surface area contributed by atoms with Gasteiger partial charge >= 0.3 is 0 Å². The minimum absolute atomic E-state index is 0. The molecule has 0 unspecified atom stereocenters. The van der Waals surface area contributed by atoms with Gasteiger partial charge in [-0.3, -0.25) is 4.79 Å². The maximum atomic E-state index is 12.3. The van der Waals surface area contributed by atoms with E-state index in [0.29, 0.717) is 12.3 Å². The predicted molar refractivity (Wildman–Crippen MR) is 125 cm³/mol. The molecule has 2 fully saturated rings. The normalized spacial score (nSPS) is 26.6.